The van der Waals surface area contributed by atoms with E-state index in [2.05, 4.69) is 10.3 Å². The van der Waals surface area contributed by atoms with Crippen LogP contribution in [0.2, 0.25) is 0 Å². The minimum atomic E-state index is -0.0697. The summed E-state index contributed by atoms with van der Waals surface area (Å²) in [6, 6.07) is 0. The molecule has 66 valence electrons. The molecule has 0 atom stereocenters. The van der Waals surface area contributed by atoms with Gasteiger partial charge in [0.1, 0.15) is 4.38 Å². The van der Waals surface area contributed by atoms with Crippen molar-refractivity contribution in [3.05, 3.63) is 0 Å². The molecule has 0 bridgehead atoms. The number of thioether (sulfide) groups is 2. The molecule has 4 nitrogen and oxygen atoms in total. The predicted molar refractivity (Wildman–Crippen MR) is 53.1 cm³/mol. The van der Waals surface area contributed by atoms with Crippen molar-refractivity contribution < 1.29 is 4.79 Å². The Kier molecular flexibility index (Phi) is 6.61. The summed E-state index contributed by atoms with van der Waals surface area (Å²) in [4.78, 5) is 14.3. The Bertz CT molecular complexity index is 221. The first kappa shape index (κ1) is 11.3. The number of rotatable bonds is 2. The monoisotopic (exact) mass is 203 g/mol. The van der Waals surface area contributed by atoms with Crippen LogP contribution in [0.25, 0.3) is 0 Å². The van der Waals surface area contributed by atoms with Crippen LogP contribution in [-0.4, -0.2) is 29.3 Å². The largest absolute Gasteiger partial charge is 0.358 e. The Balaban J connectivity index is 3.83. The molecule has 0 heterocycles. The van der Waals surface area contributed by atoms with E-state index < -0.39 is 0 Å². The van der Waals surface area contributed by atoms with Crippen LogP contribution >= 0.6 is 23.5 Å². The molecule has 1 amide bonds. The Morgan fingerprint density at radius 1 is 1.75 bits per heavy atom. The van der Waals surface area contributed by atoms with Crippen molar-refractivity contribution in [1.29, 1.82) is 5.26 Å². The Morgan fingerprint density at radius 3 is 2.83 bits per heavy atom. The number of hydrogen-bond donors (Lipinski definition) is 1. The number of nitrogens with zero attached hydrogens (tertiary/aromatic N) is 2. The van der Waals surface area contributed by atoms with Gasteiger partial charge in [-0.05, 0) is 6.26 Å². The van der Waals surface area contributed by atoms with Crippen molar-refractivity contribution in [2.45, 2.75) is 0 Å². The van der Waals surface area contributed by atoms with Gasteiger partial charge in [-0.2, -0.15) is 10.3 Å². The summed E-state index contributed by atoms with van der Waals surface area (Å²) in [5.41, 5.74) is 0. The maximum Gasteiger partial charge on any atom is 0.230 e. The van der Waals surface area contributed by atoms with E-state index in [4.69, 9.17) is 5.26 Å². The highest BCUT2D eigenvalue weighted by Gasteiger charge is 2.02. The molecule has 0 saturated heterocycles. The van der Waals surface area contributed by atoms with E-state index in [1.807, 2.05) is 6.26 Å². The van der Waals surface area contributed by atoms with E-state index in [9.17, 15) is 4.79 Å². The van der Waals surface area contributed by atoms with Gasteiger partial charge in [-0.1, -0.05) is 11.8 Å². The molecule has 0 spiro atoms. The summed E-state index contributed by atoms with van der Waals surface area (Å²) in [6.07, 6.45) is 3.49. The summed E-state index contributed by atoms with van der Waals surface area (Å²) in [5, 5.41) is 10.7. The van der Waals surface area contributed by atoms with Crippen LogP contribution in [-0.2, 0) is 4.79 Å². The molecular formula is C6H9N3OS2. The molecule has 6 heteroatoms. The number of amides is 1. The average molecular weight is 203 g/mol. The highest BCUT2D eigenvalue weighted by Crippen LogP contribution is 2.13. The van der Waals surface area contributed by atoms with E-state index in [0.717, 1.165) is 0 Å². The molecule has 0 unspecified atom stereocenters. The molecule has 12 heavy (non-hydrogen) atoms. The third-order valence-electron chi connectivity index (χ3n) is 0.921. The highest BCUT2D eigenvalue weighted by atomic mass is 32.2. The summed E-state index contributed by atoms with van der Waals surface area (Å²) >= 11 is 2.61. The van der Waals surface area contributed by atoms with E-state index in [-0.39, 0.29) is 5.91 Å². The minimum Gasteiger partial charge on any atom is -0.358 e. The fourth-order valence-corrected chi connectivity index (χ4v) is 1.66. The average Bonchev–Trinajstić information content (AvgIpc) is 2.11. The summed E-state index contributed by atoms with van der Waals surface area (Å²) < 4.78 is 0.612. The van der Waals surface area contributed by atoms with E-state index in [1.54, 1.807) is 13.2 Å². The van der Waals surface area contributed by atoms with Crippen molar-refractivity contribution in [3.8, 4) is 6.19 Å². The van der Waals surface area contributed by atoms with E-state index in [1.165, 1.54) is 23.5 Å². The fraction of sp³-hybridized carbons (Fsp3) is 0.500. The maximum absolute atomic E-state index is 10.8. The van der Waals surface area contributed by atoms with Gasteiger partial charge in [0.2, 0.25) is 12.1 Å². The molecule has 0 fully saturated rings. The van der Waals surface area contributed by atoms with Crippen molar-refractivity contribution in [2.24, 2.45) is 4.99 Å². The second-order valence-electron chi connectivity index (χ2n) is 1.64. The first-order valence-corrected chi connectivity index (χ1v) is 5.29. The summed E-state index contributed by atoms with van der Waals surface area (Å²) in [6.45, 7) is 0. The first-order chi connectivity index (χ1) is 5.74. The summed E-state index contributed by atoms with van der Waals surface area (Å²) in [5.74, 6) is 0.234. The zero-order chi connectivity index (χ0) is 9.40. The smallest absolute Gasteiger partial charge is 0.230 e. The van der Waals surface area contributed by atoms with Crippen molar-refractivity contribution in [3.63, 3.8) is 0 Å². The number of nitriles is 1. The molecule has 0 aromatic carbocycles. The van der Waals surface area contributed by atoms with Crippen LogP contribution in [0.5, 0.6) is 0 Å². The van der Waals surface area contributed by atoms with Gasteiger partial charge < -0.3 is 5.32 Å². The van der Waals surface area contributed by atoms with Gasteiger partial charge in [0.25, 0.3) is 0 Å². The number of hydrogen-bond acceptors (Lipinski definition) is 5. The van der Waals surface area contributed by atoms with Gasteiger partial charge in [0, 0.05) is 7.05 Å². The molecule has 0 aromatic heterocycles. The highest BCUT2D eigenvalue weighted by molar-refractivity contribution is 8.38. The van der Waals surface area contributed by atoms with E-state index >= 15 is 0 Å². The SMILES string of the molecule is CNC(=O)CSC(=NC#N)SC. The normalized spacial score (nSPS) is 10.6. The second kappa shape index (κ2) is 7.00. The van der Waals surface area contributed by atoms with Crippen molar-refractivity contribution >= 4 is 33.8 Å². The number of carbonyl (C=O) groups excluding carboxylic acids is 1. The van der Waals surface area contributed by atoms with Gasteiger partial charge in [0.05, 0.1) is 5.75 Å². The lowest BCUT2D eigenvalue weighted by Gasteiger charge is -1.98. The molecule has 0 radical (unpaired) electrons. The topological polar surface area (TPSA) is 65.2 Å². The first-order valence-electron chi connectivity index (χ1n) is 3.08. The molecule has 1 N–H and O–H groups in total. The van der Waals surface area contributed by atoms with Gasteiger partial charge in [-0.25, -0.2) is 0 Å². The molecule has 0 aliphatic rings. The lowest BCUT2D eigenvalue weighted by atomic mass is 10.7. The van der Waals surface area contributed by atoms with Crippen molar-refractivity contribution in [2.75, 3.05) is 19.1 Å². The molecule has 0 aliphatic heterocycles. The lowest BCUT2D eigenvalue weighted by Crippen LogP contribution is -2.20. The van der Waals surface area contributed by atoms with Crippen LogP contribution in [0.15, 0.2) is 4.99 Å². The fourth-order valence-electron chi connectivity index (χ4n) is 0.377. The predicted octanol–water partition coefficient (Wildman–Crippen LogP) is 0.666. The third kappa shape index (κ3) is 5.04. The van der Waals surface area contributed by atoms with Gasteiger partial charge >= 0.3 is 0 Å². The molecular weight excluding hydrogens is 194 g/mol. The quantitative estimate of drug-likeness (QED) is 0.407. The van der Waals surface area contributed by atoms with Crippen molar-refractivity contribution in [1.82, 2.24) is 5.32 Å². The van der Waals surface area contributed by atoms with Gasteiger partial charge in [0.15, 0.2) is 0 Å². The number of nitrogens with one attached hydrogen (secondary N) is 1. The third-order valence-corrected chi connectivity index (χ3v) is 2.96. The van der Waals surface area contributed by atoms with Crippen LogP contribution in [0.4, 0.5) is 0 Å². The Labute approximate surface area is 79.8 Å². The van der Waals surface area contributed by atoms with Crippen LogP contribution in [0.3, 0.4) is 0 Å². The number of carbonyl (C=O) groups is 1. The zero-order valence-corrected chi connectivity index (χ0v) is 8.46. The minimum absolute atomic E-state index is 0.0697. The standard InChI is InChI=1S/C6H9N3OS2/c1-8-5(10)3-12-6(11-2)9-4-7/h3H2,1-2H3,(H,8,10). The van der Waals surface area contributed by atoms with E-state index in [0.29, 0.717) is 10.1 Å². The Hall–Kier alpha value is -0.670. The van der Waals surface area contributed by atoms with Crippen LogP contribution < -0.4 is 5.32 Å². The molecule has 0 aliphatic carbocycles. The Morgan fingerprint density at radius 2 is 2.42 bits per heavy atom. The van der Waals surface area contributed by atoms with Crippen LogP contribution in [0.1, 0.15) is 0 Å². The zero-order valence-electron chi connectivity index (χ0n) is 6.83. The summed E-state index contributed by atoms with van der Waals surface area (Å²) in [7, 11) is 1.57. The number of aliphatic imine (C=N–C) groups is 1. The second-order valence-corrected chi connectivity index (χ2v) is 3.66. The molecule has 0 rings (SSSR count). The van der Waals surface area contributed by atoms with Crippen LogP contribution in [0, 0.1) is 11.5 Å². The maximum atomic E-state index is 10.8. The molecule has 0 aromatic rings. The lowest BCUT2D eigenvalue weighted by molar-refractivity contribution is -0.118. The van der Waals surface area contributed by atoms with Gasteiger partial charge in [-0.3, -0.25) is 4.79 Å². The molecule has 0 saturated carbocycles. The van der Waals surface area contributed by atoms with Gasteiger partial charge in [-0.15, -0.1) is 11.8 Å².